The Bertz CT molecular complexity index is 234. The summed E-state index contributed by atoms with van der Waals surface area (Å²) in [6, 6.07) is 0. The Morgan fingerprint density at radius 3 is 2.29 bits per heavy atom. The third kappa shape index (κ3) is 1.97. The number of ketones is 1. The molecule has 2 rings (SSSR count). The summed E-state index contributed by atoms with van der Waals surface area (Å²) in [5.41, 5.74) is 0. The van der Waals surface area contributed by atoms with Gasteiger partial charge in [-0.15, -0.1) is 0 Å². The van der Waals surface area contributed by atoms with Gasteiger partial charge in [0.25, 0.3) is 0 Å². The first kappa shape index (κ1) is 9.69. The first-order valence-corrected chi connectivity index (χ1v) is 5.58. The quantitative estimate of drug-likeness (QED) is 0.633. The molecule has 3 nitrogen and oxygen atoms in total. The predicted molar refractivity (Wildman–Crippen MR) is 52.8 cm³/mol. The molecule has 0 unspecified atom stereocenters. The second-order valence-electron chi connectivity index (χ2n) is 4.35. The van der Waals surface area contributed by atoms with E-state index >= 15 is 0 Å². The summed E-state index contributed by atoms with van der Waals surface area (Å²) in [4.78, 5) is 24.8. The number of piperidine rings is 1. The van der Waals surface area contributed by atoms with Crippen molar-refractivity contribution in [3.05, 3.63) is 0 Å². The summed E-state index contributed by atoms with van der Waals surface area (Å²) in [7, 11) is 0. The minimum absolute atomic E-state index is 0.267. The number of Topliss-reactive ketones (excluding diaryl/α,β-unsaturated/α-hetero) is 1. The van der Waals surface area contributed by atoms with Crippen molar-refractivity contribution < 1.29 is 9.59 Å². The lowest BCUT2D eigenvalue weighted by Gasteiger charge is -2.28. The maximum Gasteiger partial charge on any atom is 0.225 e. The Kier molecular flexibility index (Phi) is 2.85. The Labute approximate surface area is 84.5 Å². The molecule has 1 saturated heterocycles. The fraction of sp³-hybridized carbons (Fsp3) is 0.818. The van der Waals surface area contributed by atoms with E-state index in [2.05, 4.69) is 0 Å². The lowest BCUT2D eigenvalue weighted by Crippen LogP contribution is -2.41. The van der Waals surface area contributed by atoms with Gasteiger partial charge in [0.2, 0.25) is 5.91 Å². The highest BCUT2D eigenvalue weighted by Gasteiger charge is 2.29. The van der Waals surface area contributed by atoms with Crippen LogP contribution in [0.3, 0.4) is 0 Å². The molecule has 2 aliphatic rings. The van der Waals surface area contributed by atoms with Crippen molar-refractivity contribution in [1.29, 1.82) is 0 Å². The van der Waals surface area contributed by atoms with Gasteiger partial charge in [-0.1, -0.05) is 12.8 Å². The lowest BCUT2D eigenvalue weighted by molar-refractivity contribution is -0.138. The van der Waals surface area contributed by atoms with Crippen LogP contribution in [0.5, 0.6) is 0 Å². The van der Waals surface area contributed by atoms with Crippen LogP contribution in [-0.2, 0) is 9.59 Å². The van der Waals surface area contributed by atoms with Gasteiger partial charge in [-0.2, -0.15) is 0 Å². The fourth-order valence-corrected chi connectivity index (χ4v) is 2.41. The first-order valence-electron chi connectivity index (χ1n) is 5.58. The van der Waals surface area contributed by atoms with E-state index in [-0.39, 0.29) is 5.92 Å². The molecule has 0 N–H and O–H groups in total. The summed E-state index contributed by atoms with van der Waals surface area (Å²) in [5, 5.41) is 0. The van der Waals surface area contributed by atoms with Crippen molar-refractivity contribution in [3.63, 3.8) is 0 Å². The number of hydrogen-bond acceptors (Lipinski definition) is 2. The van der Waals surface area contributed by atoms with Crippen LogP contribution < -0.4 is 0 Å². The van der Waals surface area contributed by atoms with Gasteiger partial charge in [0.05, 0.1) is 0 Å². The van der Waals surface area contributed by atoms with Crippen molar-refractivity contribution in [2.45, 2.75) is 38.5 Å². The average Bonchev–Trinajstić information content (AvgIpc) is 2.71. The topological polar surface area (TPSA) is 37.4 Å². The van der Waals surface area contributed by atoms with E-state index in [9.17, 15) is 9.59 Å². The monoisotopic (exact) mass is 195 g/mol. The highest BCUT2D eigenvalue weighted by Crippen LogP contribution is 2.27. The van der Waals surface area contributed by atoms with Crippen LogP contribution >= 0.6 is 0 Å². The zero-order valence-corrected chi connectivity index (χ0v) is 8.50. The van der Waals surface area contributed by atoms with Crippen molar-refractivity contribution in [1.82, 2.24) is 4.90 Å². The molecule has 1 amide bonds. The van der Waals surface area contributed by atoms with E-state index < -0.39 is 0 Å². The molecule has 1 heterocycles. The largest absolute Gasteiger partial charge is 0.342 e. The lowest BCUT2D eigenvalue weighted by atomic mass is 10.0. The number of carbonyl (C=O) groups excluding carboxylic acids is 2. The van der Waals surface area contributed by atoms with Crippen LogP contribution in [0.2, 0.25) is 0 Å². The van der Waals surface area contributed by atoms with Crippen LogP contribution in [0.15, 0.2) is 0 Å². The molecule has 78 valence electrons. The molecule has 1 aliphatic carbocycles. The highest BCUT2D eigenvalue weighted by molar-refractivity contribution is 5.84. The molecule has 0 aromatic heterocycles. The van der Waals surface area contributed by atoms with E-state index in [1.807, 2.05) is 4.90 Å². The van der Waals surface area contributed by atoms with E-state index in [0.717, 1.165) is 12.8 Å². The van der Waals surface area contributed by atoms with Gasteiger partial charge in [-0.3, -0.25) is 9.59 Å². The SMILES string of the molecule is O=C1CCN(C(=O)C2CCCC2)CC1. The van der Waals surface area contributed by atoms with Crippen LogP contribution in [0, 0.1) is 5.92 Å². The third-order valence-electron chi connectivity index (χ3n) is 3.34. The molecule has 3 heteroatoms. The summed E-state index contributed by atoms with van der Waals surface area (Å²) >= 11 is 0. The predicted octanol–water partition coefficient (Wildman–Crippen LogP) is 1.37. The Hall–Kier alpha value is -0.860. The molecular formula is C11H17NO2. The van der Waals surface area contributed by atoms with Gasteiger partial charge in [0.15, 0.2) is 0 Å². The maximum absolute atomic E-state index is 11.9. The summed E-state index contributed by atoms with van der Waals surface area (Å²) in [6.45, 7) is 1.32. The van der Waals surface area contributed by atoms with Gasteiger partial charge in [0.1, 0.15) is 5.78 Å². The zero-order valence-electron chi connectivity index (χ0n) is 8.50. The molecule has 0 aromatic rings. The molecule has 14 heavy (non-hydrogen) atoms. The average molecular weight is 195 g/mol. The summed E-state index contributed by atoms with van der Waals surface area (Å²) < 4.78 is 0. The minimum Gasteiger partial charge on any atom is -0.342 e. The fourth-order valence-electron chi connectivity index (χ4n) is 2.41. The normalized spacial score (nSPS) is 24.3. The maximum atomic E-state index is 11.9. The van der Waals surface area contributed by atoms with E-state index in [1.165, 1.54) is 12.8 Å². The number of amides is 1. The Balaban J connectivity index is 1.88. The van der Waals surface area contributed by atoms with Gasteiger partial charge in [-0.05, 0) is 12.8 Å². The Morgan fingerprint density at radius 1 is 1.14 bits per heavy atom. The smallest absolute Gasteiger partial charge is 0.225 e. The molecule has 1 aliphatic heterocycles. The molecule has 0 aromatic carbocycles. The summed E-state index contributed by atoms with van der Waals surface area (Å²) in [5.74, 6) is 0.874. The third-order valence-corrected chi connectivity index (χ3v) is 3.34. The van der Waals surface area contributed by atoms with Crippen LogP contribution in [0.1, 0.15) is 38.5 Å². The van der Waals surface area contributed by atoms with E-state index in [0.29, 0.717) is 37.6 Å². The molecule has 2 fully saturated rings. The van der Waals surface area contributed by atoms with Gasteiger partial charge in [-0.25, -0.2) is 0 Å². The van der Waals surface area contributed by atoms with Crippen LogP contribution in [0.4, 0.5) is 0 Å². The molecule has 0 radical (unpaired) electrons. The molecule has 0 spiro atoms. The second-order valence-corrected chi connectivity index (χ2v) is 4.35. The number of hydrogen-bond donors (Lipinski definition) is 0. The van der Waals surface area contributed by atoms with Gasteiger partial charge >= 0.3 is 0 Å². The number of carbonyl (C=O) groups is 2. The molecule has 0 bridgehead atoms. The highest BCUT2D eigenvalue weighted by atomic mass is 16.2. The van der Waals surface area contributed by atoms with E-state index in [1.54, 1.807) is 0 Å². The van der Waals surface area contributed by atoms with Gasteiger partial charge in [0, 0.05) is 31.8 Å². The summed E-state index contributed by atoms with van der Waals surface area (Å²) in [6.07, 6.45) is 5.65. The first-order chi connectivity index (χ1) is 6.77. The molecular weight excluding hydrogens is 178 g/mol. The zero-order chi connectivity index (χ0) is 9.97. The van der Waals surface area contributed by atoms with Crippen molar-refractivity contribution in [3.8, 4) is 0 Å². The van der Waals surface area contributed by atoms with Crippen molar-refractivity contribution in [2.75, 3.05) is 13.1 Å². The standard InChI is InChI=1S/C11H17NO2/c13-10-5-7-12(8-6-10)11(14)9-3-1-2-4-9/h9H,1-8H2. The number of nitrogens with zero attached hydrogens (tertiary/aromatic N) is 1. The van der Waals surface area contributed by atoms with Crippen LogP contribution in [-0.4, -0.2) is 29.7 Å². The van der Waals surface area contributed by atoms with Gasteiger partial charge < -0.3 is 4.90 Å². The second kappa shape index (κ2) is 4.11. The Morgan fingerprint density at radius 2 is 1.71 bits per heavy atom. The number of likely N-dealkylation sites (tertiary alicyclic amines) is 1. The molecule has 0 atom stereocenters. The van der Waals surface area contributed by atoms with Crippen molar-refractivity contribution in [2.24, 2.45) is 5.92 Å². The number of rotatable bonds is 1. The molecule has 1 saturated carbocycles. The van der Waals surface area contributed by atoms with Crippen molar-refractivity contribution >= 4 is 11.7 Å². The van der Waals surface area contributed by atoms with Crippen LogP contribution in [0.25, 0.3) is 0 Å². The van der Waals surface area contributed by atoms with E-state index in [4.69, 9.17) is 0 Å². The minimum atomic E-state index is 0.267.